The van der Waals surface area contributed by atoms with Gasteiger partial charge in [-0.15, -0.1) is 0 Å². The molecule has 2 aromatic carbocycles. The lowest BCUT2D eigenvalue weighted by molar-refractivity contribution is -0.137. The van der Waals surface area contributed by atoms with E-state index in [4.69, 9.17) is 0 Å². The summed E-state index contributed by atoms with van der Waals surface area (Å²) < 4.78 is 44.5. The number of rotatable bonds is 8. The van der Waals surface area contributed by atoms with Crippen molar-refractivity contribution >= 4 is 41.0 Å². The Labute approximate surface area is 317 Å². The van der Waals surface area contributed by atoms with E-state index in [0.29, 0.717) is 25.0 Å². The Balaban J connectivity index is 0.000000204. The van der Waals surface area contributed by atoms with Crippen LogP contribution in [-0.4, -0.2) is 79.7 Å². The number of aryl methyl sites for hydroxylation is 1. The molecule has 288 valence electrons. The fraction of sp³-hybridized carbons (Fsp3) is 0.575. The highest BCUT2D eigenvalue weighted by Gasteiger charge is 2.37. The number of likely N-dealkylation sites (N-methyl/N-ethyl adjacent to an activating group) is 1. The van der Waals surface area contributed by atoms with Crippen LogP contribution in [0, 0.1) is 12.8 Å². The van der Waals surface area contributed by atoms with E-state index in [2.05, 4.69) is 79.4 Å². The molecule has 1 aliphatic carbocycles. The number of piperazine rings is 1. The van der Waals surface area contributed by atoms with Crippen LogP contribution in [0.5, 0.6) is 0 Å². The number of hydrogen-bond donors (Lipinski definition) is 3. The first-order valence-corrected chi connectivity index (χ1v) is 20.2. The number of amides is 1. The van der Waals surface area contributed by atoms with Crippen LogP contribution in [0.3, 0.4) is 0 Å². The van der Waals surface area contributed by atoms with Crippen molar-refractivity contribution in [2.75, 3.05) is 68.0 Å². The SMILES string of the molecule is CN1CCN(c2cccc(C3CCCNC3=O)c2)CC1.Cc1cc(SNC2CCCCC2)ccc1Nc1ncc(C(F)(F)F)c(N2CCCC(C)C2)n1. The predicted octanol–water partition coefficient (Wildman–Crippen LogP) is 8.15. The molecule has 4 fully saturated rings. The molecule has 3 aliphatic heterocycles. The Hall–Kier alpha value is -3.55. The predicted molar refractivity (Wildman–Crippen MR) is 209 cm³/mol. The van der Waals surface area contributed by atoms with Crippen molar-refractivity contribution in [3.8, 4) is 0 Å². The summed E-state index contributed by atoms with van der Waals surface area (Å²) in [7, 11) is 2.17. The minimum absolute atomic E-state index is 0.0342. The molecule has 3 aromatic rings. The Morgan fingerprint density at radius 3 is 2.42 bits per heavy atom. The van der Waals surface area contributed by atoms with E-state index in [1.807, 2.05) is 19.1 Å². The van der Waals surface area contributed by atoms with Crippen LogP contribution in [0.15, 0.2) is 53.6 Å². The first-order chi connectivity index (χ1) is 25.5. The van der Waals surface area contributed by atoms with Crippen molar-refractivity contribution in [2.24, 2.45) is 5.92 Å². The number of nitrogens with one attached hydrogen (secondary N) is 3. The van der Waals surface area contributed by atoms with Gasteiger partial charge in [0.25, 0.3) is 0 Å². The van der Waals surface area contributed by atoms with Crippen molar-refractivity contribution in [1.29, 1.82) is 0 Å². The van der Waals surface area contributed by atoms with Gasteiger partial charge < -0.3 is 25.3 Å². The van der Waals surface area contributed by atoms with Crippen molar-refractivity contribution in [3.05, 3.63) is 65.4 Å². The second-order valence-corrected chi connectivity index (χ2v) is 16.1. The summed E-state index contributed by atoms with van der Waals surface area (Å²) in [5.74, 6) is 0.705. The molecule has 2 atom stereocenters. The van der Waals surface area contributed by atoms with Gasteiger partial charge in [0.15, 0.2) is 0 Å². The Morgan fingerprint density at radius 2 is 1.70 bits per heavy atom. The molecular formula is C40H55F3N8OS. The molecule has 4 heterocycles. The molecular weight excluding hydrogens is 698 g/mol. The van der Waals surface area contributed by atoms with Crippen molar-refractivity contribution in [1.82, 2.24) is 24.9 Å². The van der Waals surface area contributed by atoms with Gasteiger partial charge in [0.2, 0.25) is 11.9 Å². The highest BCUT2D eigenvalue weighted by atomic mass is 32.2. The van der Waals surface area contributed by atoms with E-state index >= 15 is 0 Å². The minimum atomic E-state index is -4.49. The van der Waals surface area contributed by atoms with E-state index in [1.54, 1.807) is 16.8 Å². The average Bonchev–Trinajstić information content (AvgIpc) is 3.16. The van der Waals surface area contributed by atoms with Gasteiger partial charge in [0.1, 0.15) is 11.4 Å². The van der Waals surface area contributed by atoms with Gasteiger partial charge in [0, 0.05) is 74.3 Å². The van der Waals surface area contributed by atoms with Gasteiger partial charge in [-0.3, -0.25) is 9.52 Å². The highest BCUT2D eigenvalue weighted by molar-refractivity contribution is 7.97. The Kier molecular flexibility index (Phi) is 13.4. The lowest BCUT2D eigenvalue weighted by Gasteiger charge is -2.34. The van der Waals surface area contributed by atoms with Crippen LogP contribution in [0.4, 0.5) is 36.3 Å². The molecule has 3 saturated heterocycles. The maximum absolute atomic E-state index is 13.6. The molecule has 3 N–H and O–H groups in total. The Morgan fingerprint density at radius 1 is 0.906 bits per heavy atom. The number of alkyl halides is 3. The third kappa shape index (κ3) is 10.8. The van der Waals surface area contributed by atoms with Gasteiger partial charge in [0.05, 0.1) is 5.92 Å². The topological polar surface area (TPSA) is 88.7 Å². The van der Waals surface area contributed by atoms with E-state index < -0.39 is 11.7 Å². The number of benzene rings is 2. The molecule has 4 aliphatic rings. The lowest BCUT2D eigenvalue weighted by Crippen LogP contribution is -2.44. The third-order valence-corrected chi connectivity index (χ3v) is 11.8. The van der Waals surface area contributed by atoms with Crippen molar-refractivity contribution < 1.29 is 18.0 Å². The van der Waals surface area contributed by atoms with Crippen LogP contribution in [-0.2, 0) is 11.0 Å². The van der Waals surface area contributed by atoms with E-state index in [-0.39, 0.29) is 23.6 Å². The standard InChI is InChI=1S/C24H32F3N5S.C16H23N3O/c1-16-7-6-12-32(15-16)22-20(24(25,26)27)14-28-23(30-22)29-21-11-10-19(13-17(21)2)33-31-18-8-4-3-5-9-18;1-18-8-10-19(11-9-18)14-5-2-4-13(12-14)15-6-3-7-17-16(15)20/h10-11,13-14,16,18,31H,3-9,12,15H2,1-2H3,(H,28,29,30);2,4-5,12,15H,3,6-11H2,1H3,(H,17,20). The molecule has 1 saturated carbocycles. The number of carbonyl (C=O) groups excluding carboxylic acids is 1. The number of hydrogen-bond acceptors (Lipinski definition) is 9. The van der Waals surface area contributed by atoms with E-state index in [0.717, 1.165) is 80.8 Å². The zero-order valence-electron chi connectivity index (χ0n) is 31.4. The molecule has 0 radical (unpaired) electrons. The maximum atomic E-state index is 13.6. The van der Waals surface area contributed by atoms with Crippen LogP contribution >= 0.6 is 11.9 Å². The summed E-state index contributed by atoms with van der Waals surface area (Å²) in [6.07, 6.45) is 6.67. The van der Waals surface area contributed by atoms with Crippen LogP contribution < -0.4 is 25.2 Å². The zero-order chi connectivity index (χ0) is 37.4. The molecule has 13 heteroatoms. The van der Waals surface area contributed by atoms with Crippen LogP contribution in [0.2, 0.25) is 0 Å². The molecule has 0 spiro atoms. The number of halogens is 3. The fourth-order valence-corrected chi connectivity index (χ4v) is 8.59. The van der Waals surface area contributed by atoms with Gasteiger partial charge in [-0.2, -0.15) is 18.2 Å². The monoisotopic (exact) mass is 752 g/mol. The number of aromatic nitrogens is 2. The average molecular weight is 753 g/mol. The summed E-state index contributed by atoms with van der Waals surface area (Å²) >= 11 is 1.64. The second-order valence-electron chi connectivity index (χ2n) is 15.1. The Bertz CT molecular complexity index is 1660. The van der Waals surface area contributed by atoms with Crippen molar-refractivity contribution in [2.45, 2.75) is 94.7 Å². The number of nitrogens with zero attached hydrogens (tertiary/aromatic N) is 5. The molecule has 9 nitrogen and oxygen atoms in total. The van der Waals surface area contributed by atoms with Gasteiger partial charge in [-0.05, 0) is 112 Å². The molecule has 7 rings (SSSR count). The summed E-state index contributed by atoms with van der Waals surface area (Å²) in [5, 5.41) is 6.10. The normalized spacial score (nSPS) is 21.8. The lowest BCUT2D eigenvalue weighted by atomic mass is 9.90. The number of piperidine rings is 2. The molecule has 0 bridgehead atoms. The first kappa shape index (κ1) is 39.2. The number of carbonyl (C=O) groups is 1. The van der Waals surface area contributed by atoms with Gasteiger partial charge in [-0.1, -0.05) is 38.3 Å². The number of anilines is 4. The summed E-state index contributed by atoms with van der Waals surface area (Å²) in [6.45, 7) is 10.3. The maximum Gasteiger partial charge on any atom is 0.421 e. The van der Waals surface area contributed by atoms with Gasteiger partial charge >= 0.3 is 6.18 Å². The molecule has 1 aromatic heterocycles. The van der Waals surface area contributed by atoms with Crippen LogP contribution in [0.25, 0.3) is 0 Å². The summed E-state index contributed by atoms with van der Waals surface area (Å²) in [4.78, 5) is 27.9. The smallest absolute Gasteiger partial charge is 0.369 e. The van der Waals surface area contributed by atoms with E-state index in [1.165, 1.54) is 43.4 Å². The minimum Gasteiger partial charge on any atom is -0.369 e. The third-order valence-electron chi connectivity index (χ3n) is 10.8. The molecule has 53 heavy (non-hydrogen) atoms. The highest BCUT2D eigenvalue weighted by Crippen LogP contribution is 2.37. The fourth-order valence-electron chi connectivity index (χ4n) is 7.68. The molecule has 2 unspecified atom stereocenters. The quantitative estimate of drug-likeness (QED) is 0.198. The van der Waals surface area contributed by atoms with Gasteiger partial charge in [-0.25, -0.2) is 4.98 Å². The molecule has 1 amide bonds. The van der Waals surface area contributed by atoms with E-state index in [9.17, 15) is 18.0 Å². The second kappa shape index (κ2) is 18.2. The van der Waals surface area contributed by atoms with Crippen LogP contribution in [0.1, 0.15) is 87.3 Å². The largest absolute Gasteiger partial charge is 0.421 e. The van der Waals surface area contributed by atoms with Crippen molar-refractivity contribution in [3.63, 3.8) is 0 Å². The zero-order valence-corrected chi connectivity index (χ0v) is 32.2. The summed E-state index contributed by atoms with van der Waals surface area (Å²) in [5.41, 5.74) is 3.42. The summed E-state index contributed by atoms with van der Waals surface area (Å²) in [6, 6.07) is 15.1. The first-order valence-electron chi connectivity index (χ1n) is 19.3.